The Hall–Kier alpha value is -3.34. The van der Waals surface area contributed by atoms with Gasteiger partial charge in [0.05, 0.1) is 7.11 Å². The number of para-hydroxylation sites is 1. The van der Waals surface area contributed by atoms with E-state index in [1.807, 2.05) is 49.4 Å². The molecular formula is C23H25N3O2. The topological polar surface area (TPSA) is 63.2 Å². The van der Waals surface area contributed by atoms with Crippen molar-refractivity contribution in [3.8, 4) is 5.75 Å². The van der Waals surface area contributed by atoms with E-state index >= 15 is 0 Å². The predicted molar refractivity (Wildman–Crippen MR) is 112 cm³/mol. The van der Waals surface area contributed by atoms with Gasteiger partial charge in [0.1, 0.15) is 11.4 Å². The van der Waals surface area contributed by atoms with E-state index in [1.165, 1.54) is 5.56 Å². The number of methoxy groups -OCH3 is 1. The molecule has 1 aromatic heterocycles. The number of nitrogens with one attached hydrogen (secondary N) is 2. The van der Waals surface area contributed by atoms with Crippen molar-refractivity contribution in [3.63, 3.8) is 0 Å². The molecule has 5 heteroatoms. The van der Waals surface area contributed by atoms with Gasteiger partial charge in [-0.05, 0) is 42.7 Å². The van der Waals surface area contributed by atoms with Gasteiger partial charge in [-0.3, -0.25) is 9.78 Å². The van der Waals surface area contributed by atoms with Crippen molar-refractivity contribution >= 4 is 11.6 Å². The molecule has 0 saturated heterocycles. The summed E-state index contributed by atoms with van der Waals surface area (Å²) in [5, 5.41) is 6.27. The number of rotatable bonds is 8. The average molecular weight is 375 g/mol. The Bertz CT molecular complexity index is 940. The summed E-state index contributed by atoms with van der Waals surface area (Å²) in [7, 11) is 1.68. The van der Waals surface area contributed by atoms with Gasteiger partial charge in [-0.15, -0.1) is 0 Å². The van der Waals surface area contributed by atoms with E-state index in [2.05, 4.69) is 27.8 Å². The predicted octanol–water partition coefficient (Wildman–Crippen LogP) is 3.98. The number of hydrogen-bond acceptors (Lipinski definition) is 4. The lowest BCUT2D eigenvalue weighted by atomic mass is 10.1. The van der Waals surface area contributed by atoms with E-state index in [-0.39, 0.29) is 5.91 Å². The van der Waals surface area contributed by atoms with Crippen LogP contribution in [-0.4, -0.2) is 24.5 Å². The lowest BCUT2D eigenvalue weighted by molar-refractivity contribution is 0.0946. The fraction of sp³-hybridized carbons (Fsp3) is 0.217. The number of anilines is 1. The third kappa shape index (κ3) is 5.33. The largest absolute Gasteiger partial charge is 0.496 e. The van der Waals surface area contributed by atoms with Crippen LogP contribution in [0.25, 0.3) is 0 Å². The highest BCUT2D eigenvalue weighted by molar-refractivity contribution is 5.93. The van der Waals surface area contributed by atoms with Gasteiger partial charge < -0.3 is 15.4 Å². The lowest BCUT2D eigenvalue weighted by Gasteiger charge is -2.11. The van der Waals surface area contributed by atoms with Crippen LogP contribution in [0.1, 0.15) is 27.2 Å². The summed E-state index contributed by atoms with van der Waals surface area (Å²) in [6.07, 6.45) is 2.47. The number of nitrogens with zero attached hydrogens (tertiary/aromatic N) is 1. The van der Waals surface area contributed by atoms with Crippen LogP contribution in [0.2, 0.25) is 0 Å². The van der Waals surface area contributed by atoms with E-state index in [9.17, 15) is 4.79 Å². The molecule has 0 unspecified atom stereocenters. The molecule has 0 aliphatic carbocycles. The molecule has 5 nitrogen and oxygen atoms in total. The Morgan fingerprint density at radius 2 is 1.93 bits per heavy atom. The summed E-state index contributed by atoms with van der Waals surface area (Å²) in [6.45, 7) is 3.25. The van der Waals surface area contributed by atoms with Crippen LogP contribution in [0.4, 0.5) is 5.69 Å². The van der Waals surface area contributed by atoms with Gasteiger partial charge in [0.25, 0.3) is 5.91 Å². The van der Waals surface area contributed by atoms with Gasteiger partial charge in [0, 0.05) is 25.0 Å². The fourth-order valence-corrected chi connectivity index (χ4v) is 3.01. The highest BCUT2D eigenvalue weighted by Gasteiger charge is 2.08. The monoisotopic (exact) mass is 375 g/mol. The van der Waals surface area contributed by atoms with Crippen molar-refractivity contribution in [2.24, 2.45) is 0 Å². The van der Waals surface area contributed by atoms with Crippen molar-refractivity contribution in [2.75, 3.05) is 19.0 Å². The minimum absolute atomic E-state index is 0.185. The molecule has 2 aromatic carbocycles. The number of amides is 1. The highest BCUT2D eigenvalue weighted by atomic mass is 16.5. The van der Waals surface area contributed by atoms with Crippen molar-refractivity contribution in [1.82, 2.24) is 10.3 Å². The Morgan fingerprint density at radius 1 is 1.07 bits per heavy atom. The molecule has 0 fully saturated rings. The molecule has 0 aliphatic rings. The van der Waals surface area contributed by atoms with E-state index in [1.54, 1.807) is 19.4 Å². The molecule has 28 heavy (non-hydrogen) atoms. The molecule has 0 aliphatic heterocycles. The maximum Gasteiger partial charge on any atom is 0.270 e. The molecular weight excluding hydrogens is 350 g/mol. The molecule has 0 atom stereocenters. The number of carbonyl (C=O) groups excluding carboxylic acids is 1. The molecule has 1 heterocycles. The molecule has 3 rings (SSSR count). The normalized spacial score (nSPS) is 10.4. The van der Waals surface area contributed by atoms with Crippen LogP contribution in [-0.2, 0) is 13.0 Å². The van der Waals surface area contributed by atoms with E-state index in [0.717, 1.165) is 35.5 Å². The van der Waals surface area contributed by atoms with Gasteiger partial charge in [-0.25, -0.2) is 0 Å². The van der Waals surface area contributed by atoms with Crippen molar-refractivity contribution in [2.45, 2.75) is 19.9 Å². The quantitative estimate of drug-likeness (QED) is 0.625. The standard InChI is InChI=1S/C23H25N3O2/c1-17-6-5-7-18(14-17)16-26-23(27)21-15-20(11-13-25-21)24-12-10-19-8-3-4-9-22(19)28-2/h3-9,11,13-15H,10,12,16H2,1-2H3,(H,24,25)(H,26,27). The van der Waals surface area contributed by atoms with E-state index < -0.39 is 0 Å². The zero-order chi connectivity index (χ0) is 19.8. The van der Waals surface area contributed by atoms with E-state index in [4.69, 9.17) is 4.74 Å². The smallest absolute Gasteiger partial charge is 0.270 e. The van der Waals surface area contributed by atoms with Crippen LogP contribution in [0, 0.1) is 6.92 Å². The Balaban J connectivity index is 1.55. The van der Waals surface area contributed by atoms with Crippen molar-refractivity contribution < 1.29 is 9.53 Å². The lowest BCUT2D eigenvalue weighted by Crippen LogP contribution is -2.24. The van der Waals surface area contributed by atoms with Gasteiger partial charge in [-0.2, -0.15) is 0 Å². The van der Waals surface area contributed by atoms with E-state index in [0.29, 0.717) is 12.2 Å². The van der Waals surface area contributed by atoms with Crippen molar-refractivity contribution in [1.29, 1.82) is 0 Å². The summed E-state index contributed by atoms with van der Waals surface area (Å²) in [5.41, 5.74) is 4.65. The number of ether oxygens (including phenoxy) is 1. The fourth-order valence-electron chi connectivity index (χ4n) is 3.01. The van der Waals surface area contributed by atoms with Crippen LogP contribution >= 0.6 is 0 Å². The van der Waals surface area contributed by atoms with Crippen molar-refractivity contribution in [3.05, 3.63) is 89.2 Å². The number of aryl methyl sites for hydroxylation is 1. The zero-order valence-corrected chi connectivity index (χ0v) is 16.2. The van der Waals surface area contributed by atoms with Gasteiger partial charge >= 0.3 is 0 Å². The van der Waals surface area contributed by atoms with Crippen LogP contribution in [0.15, 0.2) is 66.9 Å². The molecule has 0 bridgehead atoms. The first-order valence-electron chi connectivity index (χ1n) is 9.31. The minimum Gasteiger partial charge on any atom is -0.496 e. The first kappa shape index (κ1) is 19.4. The molecule has 1 amide bonds. The second kappa shape index (κ2) is 9.55. The van der Waals surface area contributed by atoms with Crippen LogP contribution < -0.4 is 15.4 Å². The Kier molecular flexibility index (Phi) is 6.63. The van der Waals surface area contributed by atoms with Gasteiger partial charge in [0.2, 0.25) is 0 Å². The third-order valence-corrected chi connectivity index (χ3v) is 4.44. The SMILES string of the molecule is COc1ccccc1CCNc1ccnc(C(=O)NCc2cccc(C)c2)c1. The molecule has 0 saturated carbocycles. The second-order valence-corrected chi connectivity index (χ2v) is 6.59. The first-order chi connectivity index (χ1) is 13.7. The number of pyridine rings is 1. The van der Waals surface area contributed by atoms with Gasteiger partial charge in [0.15, 0.2) is 0 Å². The van der Waals surface area contributed by atoms with Gasteiger partial charge in [-0.1, -0.05) is 48.0 Å². The Labute approximate surface area is 165 Å². The highest BCUT2D eigenvalue weighted by Crippen LogP contribution is 2.18. The number of aromatic nitrogens is 1. The summed E-state index contributed by atoms with van der Waals surface area (Å²) >= 11 is 0. The minimum atomic E-state index is -0.185. The first-order valence-corrected chi connectivity index (χ1v) is 9.31. The summed E-state index contributed by atoms with van der Waals surface area (Å²) in [6, 6.07) is 19.7. The molecule has 2 N–H and O–H groups in total. The number of hydrogen-bond donors (Lipinski definition) is 2. The average Bonchev–Trinajstić information content (AvgIpc) is 2.72. The molecule has 3 aromatic rings. The maximum absolute atomic E-state index is 12.4. The van der Waals surface area contributed by atoms with Crippen LogP contribution in [0.3, 0.4) is 0 Å². The molecule has 0 spiro atoms. The second-order valence-electron chi connectivity index (χ2n) is 6.59. The molecule has 0 radical (unpaired) electrons. The van der Waals surface area contributed by atoms with Crippen LogP contribution in [0.5, 0.6) is 5.75 Å². The maximum atomic E-state index is 12.4. The number of carbonyl (C=O) groups is 1. The summed E-state index contributed by atoms with van der Waals surface area (Å²) < 4.78 is 5.38. The molecule has 144 valence electrons. The summed E-state index contributed by atoms with van der Waals surface area (Å²) in [5.74, 6) is 0.699. The third-order valence-electron chi connectivity index (χ3n) is 4.44. The Morgan fingerprint density at radius 3 is 2.75 bits per heavy atom. The number of benzene rings is 2. The zero-order valence-electron chi connectivity index (χ0n) is 16.2. The summed E-state index contributed by atoms with van der Waals surface area (Å²) in [4.78, 5) is 16.6.